The lowest BCUT2D eigenvalue weighted by molar-refractivity contribution is 0.123. The monoisotopic (exact) mass is 349 g/mol. The molecule has 2 unspecified atom stereocenters. The zero-order valence-electron chi connectivity index (χ0n) is 15.4. The molecular formula is C22H27N3O. The van der Waals surface area contributed by atoms with Crippen molar-refractivity contribution < 1.29 is 4.79 Å². The van der Waals surface area contributed by atoms with Gasteiger partial charge in [0.2, 0.25) is 0 Å². The summed E-state index contributed by atoms with van der Waals surface area (Å²) in [5, 5.41) is 3.19. The molecule has 1 N–H and O–H groups in total. The van der Waals surface area contributed by atoms with E-state index in [1.807, 2.05) is 17.0 Å². The summed E-state index contributed by atoms with van der Waals surface area (Å²) in [4.78, 5) is 18.9. The Morgan fingerprint density at radius 1 is 1.23 bits per heavy atom. The Morgan fingerprint density at radius 2 is 1.96 bits per heavy atom. The summed E-state index contributed by atoms with van der Waals surface area (Å²) in [6.07, 6.45) is 8.20. The smallest absolute Gasteiger partial charge is 0.317 e. The topological polar surface area (TPSA) is 45.2 Å². The van der Waals surface area contributed by atoms with Crippen LogP contribution in [0.1, 0.15) is 43.2 Å². The highest BCUT2D eigenvalue weighted by molar-refractivity contribution is 5.75. The lowest BCUT2D eigenvalue weighted by Gasteiger charge is -2.43. The van der Waals surface area contributed by atoms with Crippen molar-refractivity contribution in [2.45, 2.75) is 44.6 Å². The number of amides is 2. The molecule has 1 aliphatic heterocycles. The Balaban J connectivity index is 1.41. The van der Waals surface area contributed by atoms with Crippen LogP contribution < -0.4 is 5.32 Å². The Morgan fingerprint density at radius 3 is 2.62 bits per heavy atom. The second kappa shape index (κ2) is 7.10. The van der Waals surface area contributed by atoms with E-state index in [4.69, 9.17) is 0 Å². The third-order valence-electron chi connectivity index (χ3n) is 6.15. The third-order valence-corrected chi connectivity index (χ3v) is 6.15. The van der Waals surface area contributed by atoms with Gasteiger partial charge < -0.3 is 10.2 Å². The SMILES string of the molecule is CC(Cc1ccncc1)NC(=O)N1CC(c2ccccc2)C2(CCC2)C1. The van der Waals surface area contributed by atoms with Crippen molar-refractivity contribution >= 4 is 6.03 Å². The molecule has 1 saturated heterocycles. The van der Waals surface area contributed by atoms with Gasteiger partial charge in [-0.3, -0.25) is 4.98 Å². The predicted octanol–water partition coefficient (Wildman–Crippen LogP) is 3.99. The summed E-state index contributed by atoms with van der Waals surface area (Å²) in [7, 11) is 0. The molecule has 4 nitrogen and oxygen atoms in total. The minimum atomic E-state index is 0.0799. The van der Waals surface area contributed by atoms with Crippen LogP contribution in [0.3, 0.4) is 0 Å². The molecule has 26 heavy (non-hydrogen) atoms. The normalized spacial score (nSPS) is 22.0. The first kappa shape index (κ1) is 17.1. The largest absolute Gasteiger partial charge is 0.335 e. The second-order valence-corrected chi connectivity index (χ2v) is 7.97. The Labute approximate surface area is 155 Å². The summed E-state index contributed by atoms with van der Waals surface area (Å²) in [5.41, 5.74) is 2.88. The number of pyridine rings is 1. The summed E-state index contributed by atoms with van der Waals surface area (Å²) in [5.74, 6) is 0.471. The van der Waals surface area contributed by atoms with Crippen molar-refractivity contribution in [2.75, 3.05) is 13.1 Å². The molecule has 2 heterocycles. The molecule has 4 heteroatoms. The van der Waals surface area contributed by atoms with Crippen molar-refractivity contribution in [3.8, 4) is 0 Å². The van der Waals surface area contributed by atoms with Gasteiger partial charge in [0.15, 0.2) is 0 Å². The molecule has 2 fully saturated rings. The van der Waals surface area contributed by atoms with Gasteiger partial charge in [0, 0.05) is 37.4 Å². The first-order chi connectivity index (χ1) is 12.7. The molecule has 2 amide bonds. The van der Waals surface area contributed by atoms with Gasteiger partial charge in [-0.15, -0.1) is 0 Å². The minimum absolute atomic E-state index is 0.0799. The number of urea groups is 1. The summed E-state index contributed by atoms with van der Waals surface area (Å²) >= 11 is 0. The van der Waals surface area contributed by atoms with Gasteiger partial charge in [0.1, 0.15) is 0 Å². The zero-order valence-corrected chi connectivity index (χ0v) is 15.4. The van der Waals surface area contributed by atoms with Crippen LogP contribution in [0.4, 0.5) is 4.79 Å². The highest BCUT2D eigenvalue weighted by Crippen LogP contribution is 2.55. The number of carbonyl (C=O) groups is 1. The lowest BCUT2D eigenvalue weighted by Crippen LogP contribution is -2.45. The third kappa shape index (κ3) is 3.33. The summed E-state index contributed by atoms with van der Waals surface area (Å²) in [6, 6.07) is 14.9. The molecular weight excluding hydrogens is 322 g/mol. The molecule has 0 bridgehead atoms. The minimum Gasteiger partial charge on any atom is -0.335 e. The fourth-order valence-corrected chi connectivity index (χ4v) is 4.63. The van der Waals surface area contributed by atoms with Crippen molar-refractivity contribution in [3.63, 3.8) is 0 Å². The van der Waals surface area contributed by atoms with Gasteiger partial charge in [-0.1, -0.05) is 36.8 Å². The number of rotatable bonds is 4. The van der Waals surface area contributed by atoms with Crippen LogP contribution >= 0.6 is 0 Å². The predicted molar refractivity (Wildman–Crippen MR) is 103 cm³/mol. The van der Waals surface area contributed by atoms with Crippen molar-refractivity contribution in [2.24, 2.45) is 5.41 Å². The maximum Gasteiger partial charge on any atom is 0.317 e. The highest BCUT2D eigenvalue weighted by atomic mass is 16.2. The number of nitrogens with zero attached hydrogens (tertiary/aromatic N) is 2. The van der Waals surface area contributed by atoms with E-state index in [1.165, 1.54) is 30.4 Å². The van der Waals surface area contributed by atoms with Crippen molar-refractivity contribution in [1.82, 2.24) is 15.2 Å². The number of hydrogen-bond acceptors (Lipinski definition) is 2. The molecule has 2 aliphatic rings. The van der Waals surface area contributed by atoms with Gasteiger partial charge in [-0.05, 0) is 54.9 Å². The molecule has 0 radical (unpaired) electrons. The van der Waals surface area contributed by atoms with Gasteiger partial charge in [-0.25, -0.2) is 4.79 Å². The Hall–Kier alpha value is -2.36. The Bertz CT molecular complexity index is 742. The molecule has 1 aromatic heterocycles. The average molecular weight is 349 g/mol. The average Bonchev–Trinajstić information content (AvgIpc) is 3.05. The van der Waals surface area contributed by atoms with Gasteiger partial charge >= 0.3 is 6.03 Å². The molecule has 2 atom stereocenters. The number of aromatic nitrogens is 1. The zero-order chi connectivity index (χ0) is 18.0. The summed E-state index contributed by atoms with van der Waals surface area (Å²) in [6.45, 7) is 3.79. The van der Waals surface area contributed by atoms with Crippen LogP contribution in [0.2, 0.25) is 0 Å². The van der Waals surface area contributed by atoms with E-state index >= 15 is 0 Å². The van der Waals surface area contributed by atoms with E-state index in [2.05, 4.69) is 47.6 Å². The van der Waals surface area contributed by atoms with E-state index < -0.39 is 0 Å². The van der Waals surface area contributed by atoms with Crippen LogP contribution in [-0.4, -0.2) is 35.0 Å². The van der Waals surface area contributed by atoms with Gasteiger partial charge in [0.05, 0.1) is 0 Å². The van der Waals surface area contributed by atoms with Crippen LogP contribution in [0, 0.1) is 5.41 Å². The number of nitrogens with one attached hydrogen (secondary N) is 1. The molecule has 1 aromatic carbocycles. The van der Waals surface area contributed by atoms with Crippen LogP contribution in [-0.2, 0) is 6.42 Å². The van der Waals surface area contributed by atoms with E-state index in [9.17, 15) is 4.79 Å². The van der Waals surface area contributed by atoms with Crippen molar-refractivity contribution in [1.29, 1.82) is 0 Å². The lowest BCUT2D eigenvalue weighted by atomic mass is 9.61. The molecule has 1 spiro atoms. The Kier molecular flexibility index (Phi) is 4.66. The summed E-state index contributed by atoms with van der Waals surface area (Å²) < 4.78 is 0. The molecule has 136 valence electrons. The number of benzene rings is 1. The van der Waals surface area contributed by atoms with E-state index in [0.29, 0.717) is 11.3 Å². The van der Waals surface area contributed by atoms with Gasteiger partial charge in [-0.2, -0.15) is 0 Å². The van der Waals surface area contributed by atoms with Crippen LogP contribution in [0.25, 0.3) is 0 Å². The maximum absolute atomic E-state index is 12.9. The first-order valence-corrected chi connectivity index (χ1v) is 9.66. The molecule has 1 aliphatic carbocycles. The van der Waals surface area contributed by atoms with E-state index in [-0.39, 0.29) is 12.1 Å². The van der Waals surface area contributed by atoms with E-state index in [1.54, 1.807) is 12.4 Å². The fraction of sp³-hybridized carbons (Fsp3) is 0.455. The second-order valence-electron chi connectivity index (χ2n) is 7.97. The molecule has 4 rings (SSSR count). The standard InChI is InChI=1S/C22H27N3O/c1-17(14-18-8-12-23-13-9-18)24-21(26)25-15-20(19-6-3-2-4-7-19)22(16-25)10-5-11-22/h2-4,6-9,12-13,17,20H,5,10-11,14-16H2,1H3,(H,24,26). The van der Waals surface area contributed by atoms with Crippen LogP contribution in [0.5, 0.6) is 0 Å². The molecule has 1 saturated carbocycles. The van der Waals surface area contributed by atoms with Gasteiger partial charge in [0.25, 0.3) is 0 Å². The quantitative estimate of drug-likeness (QED) is 0.907. The maximum atomic E-state index is 12.9. The first-order valence-electron chi connectivity index (χ1n) is 9.66. The molecule has 2 aromatic rings. The van der Waals surface area contributed by atoms with Crippen molar-refractivity contribution in [3.05, 3.63) is 66.0 Å². The number of hydrogen-bond donors (Lipinski definition) is 1. The van der Waals surface area contributed by atoms with Crippen LogP contribution in [0.15, 0.2) is 54.9 Å². The fourth-order valence-electron chi connectivity index (χ4n) is 4.63. The van der Waals surface area contributed by atoms with E-state index in [0.717, 1.165) is 19.5 Å². The highest BCUT2D eigenvalue weighted by Gasteiger charge is 2.51. The number of carbonyl (C=O) groups excluding carboxylic acids is 1. The number of likely N-dealkylation sites (tertiary alicyclic amines) is 1.